The lowest BCUT2D eigenvalue weighted by Gasteiger charge is -1.98. The fourth-order valence-corrected chi connectivity index (χ4v) is 3.83. The Hall–Kier alpha value is -0.470. The summed E-state index contributed by atoms with van der Waals surface area (Å²) >= 11 is 0. The van der Waals surface area contributed by atoms with Crippen LogP contribution in [0.15, 0.2) is 35.2 Å². The Morgan fingerprint density at radius 1 is 1.25 bits per heavy atom. The average Bonchev–Trinajstić information content (AvgIpc) is 2.54. The minimum atomic E-state index is -0.0476. The molecule has 1 nitrogen and oxygen atoms in total. The predicted molar refractivity (Wildman–Crippen MR) is 52.4 cm³/mol. The summed E-state index contributed by atoms with van der Waals surface area (Å²) in [6.07, 6.45) is 0.936. The molecule has 0 spiro atoms. The van der Waals surface area contributed by atoms with Gasteiger partial charge in [0.25, 0.3) is 0 Å². The molecule has 2 heteroatoms. The third-order valence-corrected chi connectivity index (χ3v) is 4.62. The maximum atomic E-state index is 9.37. The van der Waals surface area contributed by atoms with Gasteiger partial charge in [0.05, 0.1) is 0 Å². The van der Waals surface area contributed by atoms with E-state index in [1.807, 2.05) is 6.07 Å². The Kier molecular flexibility index (Phi) is 2.38. The van der Waals surface area contributed by atoms with Crippen LogP contribution < -0.4 is 0 Å². The molecule has 2 unspecified atom stereocenters. The molecule has 1 aromatic carbocycles. The molecular weight excluding hydrogens is 168 g/mol. The normalized spacial score (nSPS) is 29.1. The second-order valence-electron chi connectivity index (χ2n) is 3.12. The highest BCUT2D eigenvalue weighted by molar-refractivity contribution is 7.97. The zero-order valence-electron chi connectivity index (χ0n) is 6.94. The maximum absolute atomic E-state index is 9.37. The van der Waals surface area contributed by atoms with Gasteiger partial charge in [-0.15, -0.1) is 0 Å². The van der Waals surface area contributed by atoms with E-state index in [2.05, 4.69) is 24.3 Å². The Labute approximate surface area is 75.8 Å². The summed E-state index contributed by atoms with van der Waals surface area (Å²) in [5.74, 6) is 2.15. The number of rotatable bonds is 1. The van der Waals surface area contributed by atoms with Crippen molar-refractivity contribution in [1.29, 1.82) is 0 Å². The van der Waals surface area contributed by atoms with E-state index in [1.165, 1.54) is 10.6 Å². The van der Waals surface area contributed by atoms with Crippen LogP contribution in [0.3, 0.4) is 0 Å². The van der Waals surface area contributed by atoms with Crippen molar-refractivity contribution in [1.82, 2.24) is 0 Å². The molecule has 1 aliphatic rings. The van der Waals surface area contributed by atoms with Crippen LogP contribution in [0.4, 0.5) is 0 Å². The van der Waals surface area contributed by atoms with Crippen LogP contribution in [-0.2, 0) is 10.9 Å². The molecule has 1 heterocycles. The molecular formula is C10H13OS+. The standard InChI is InChI=1S/C10H13OS/c11-9-6-7-12(8-9)10-4-2-1-3-5-10/h1-5,9,11H,6-8H2/q+1. The first-order valence-electron chi connectivity index (χ1n) is 4.27. The summed E-state index contributed by atoms with van der Waals surface area (Å²) in [5, 5.41) is 9.37. The molecule has 2 rings (SSSR count). The molecule has 0 amide bonds. The Bertz CT molecular complexity index is 247. The summed E-state index contributed by atoms with van der Waals surface area (Å²) < 4.78 is 0. The van der Waals surface area contributed by atoms with Gasteiger partial charge in [0, 0.05) is 17.3 Å². The number of hydrogen-bond donors (Lipinski definition) is 1. The fraction of sp³-hybridized carbons (Fsp3) is 0.400. The van der Waals surface area contributed by atoms with E-state index < -0.39 is 0 Å². The lowest BCUT2D eigenvalue weighted by atomic mass is 10.3. The van der Waals surface area contributed by atoms with Crippen molar-refractivity contribution in [3.8, 4) is 0 Å². The van der Waals surface area contributed by atoms with Crippen LogP contribution in [0.25, 0.3) is 0 Å². The van der Waals surface area contributed by atoms with Gasteiger partial charge in [-0.3, -0.25) is 0 Å². The Balaban J connectivity index is 2.11. The number of benzene rings is 1. The molecule has 1 aliphatic heterocycles. The zero-order valence-corrected chi connectivity index (χ0v) is 7.76. The first-order valence-corrected chi connectivity index (χ1v) is 5.83. The van der Waals surface area contributed by atoms with Crippen LogP contribution in [0.2, 0.25) is 0 Å². The first-order chi connectivity index (χ1) is 5.86. The van der Waals surface area contributed by atoms with Gasteiger partial charge < -0.3 is 5.11 Å². The summed E-state index contributed by atoms with van der Waals surface area (Å²) in [5.41, 5.74) is 0. The molecule has 0 aromatic heterocycles. The lowest BCUT2D eigenvalue weighted by Crippen LogP contribution is -2.09. The van der Waals surface area contributed by atoms with Gasteiger partial charge in [0.2, 0.25) is 0 Å². The third-order valence-electron chi connectivity index (χ3n) is 2.17. The van der Waals surface area contributed by atoms with Crippen molar-refractivity contribution < 1.29 is 5.11 Å². The van der Waals surface area contributed by atoms with Crippen LogP contribution in [0, 0.1) is 0 Å². The van der Waals surface area contributed by atoms with Gasteiger partial charge in [-0.2, -0.15) is 0 Å². The number of hydrogen-bond acceptors (Lipinski definition) is 1. The Morgan fingerprint density at radius 3 is 2.58 bits per heavy atom. The molecule has 1 fully saturated rings. The molecule has 0 bridgehead atoms. The summed E-state index contributed by atoms with van der Waals surface area (Å²) in [4.78, 5) is 1.41. The second kappa shape index (κ2) is 3.50. The van der Waals surface area contributed by atoms with Gasteiger partial charge in [-0.05, 0) is 12.1 Å². The number of aliphatic hydroxyl groups is 1. The quantitative estimate of drug-likeness (QED) is 0.650. The summed E-state index contributed by atoms with van der Waals surface area (Å²) in [6, 6.07) is 10.5. The van der Waals surface area contributed by atoms with Crippen molar-refractivity contribution in [2.24, 2.45) is 0 Å². The average molecular weight is 181 g/mol. The van der Waals surface area contributed by atoms with E-state index >= 15 is 0 Å². The largest absolute Gasteiger partial charge is 0.388 e. The SMILES string of the molecule is OC1CC[S+](c2ccccc2)C1. The zero-order chi connectivity index (χ0) is 8.39. The topological polar surface area (TPSA) is 20.2 Å². The lowest BCUT2D eigenvalue weighted by molar-refractivity contribution is 0.202. The first kappa shape index (κ1) is 8.14. The highest BCUT2D eigenvalue weighted by Crippen LogP contribution is 2.22. The monoisotopic (exact) mass is 181 g/mol. The molecule has 0 aliphatic carbocycles. The highest BCUT2D eigenvalue weighted by atomic mass is 32.2. The second-order valence-corrected chi connectivity index (χ2v) is 5.32. The van der Waals surface area contributed by atoms with Gasteiger partial charge >= 0.3 is 0 Å². The maximum Gasteiger partial charge on any atom is 0.154 e. The van der Waals surface area contributed by atoms with Crippen LogP contribution in [-0.4, -0.2) is 22.7 Å². The minimum Gasteiger partial charge on any atom is -0.388 e. The molecule has 0 radical (unpaired) electrons. The molecule has 64 valence electrons. The fourth-order valence-electron chi connectivity index (χ4n) is 1.50. The van der Waals surface area contributed by atoms with Crippen molar-refractivity contribution in [3.63, 3.8) is 0 Å². The van der Waals surface area contributed by atoms with E-state index in [0.29, 0.717) is 10.9 Å². The molecule has 2 atom stereocenters. The van der Waals surface area contributed by atoms with Crippen molar-refractivity contribution >= 4 is 10.9 Å². The van der Waals surface area contributed by atoms with Gasteiger partial charge in [-0.25, -0.2) is 0 Å². The van der Waals surface area contributed by atoms with E-state index in [1.54, 1.807) is 0 Å². The van der Waals surface area contributed by atoms with E-state index in [9.17, 15) is 5.11 Å². The molecule has 1 N–H and O–H groups in total. The van der Waals surface area contributed by atoms with Crippen molar-refractivity contribution in [3.05, 3.63) is 30.3 Å². The van der Waals surface area contributed by atoms with Crippen LogP contribution in [0.1, 0.15) is 6.42 Å². The predicted octanol–water partition coefficient (Wildman–Crippen LogP) is 1.43. The van der Waals surface area contributed by atoms with Crippen LogP contribution >= 0.6 is 0 Å². The van der Waals surface area contributed by atoms with Crippen molar-refractivity contribution in [2.75, 3.05) is 11.5 Å². The molecule has 1 saturated heterocycles. The molecule has 12 heavy (non-hydrogen) atoms. The van der Waals surface area contributed by atoms with E-state index in [4.69, 9.17) is 0 Å². The number of aliphatic hydroxyl groups excluding tert-OH is 1. The summed E-state index contributed by atoms with van der Waals surface area (Å²) in [7, 11) is 0.329. The van der Waals surface area contributed by atoms with Gasteiger partial charge in [0.15, 0.2) is 4.90 Å². The Morgan fingerprint density at radius 2 is 2.00 bits per heavy atom. The van der Waals surface area contributed by atoms with Crippen molar-refractivity contribution in [2.45, 2.75) is 17.4 Å². The minimum absolute atomic E-state index is 0.0476. The van der Waals surface area contributed by atoms with Gasteiger partial charge in [-0.1, -0.05) is 18.2 Å². The van der Waals surface area contributed by atoms with Crippen LogP contribution in [0.5, 0.6) is 0 Å². The highest BCUT2D eigenvalue weighted by Gasteiger charge is 2.32. The summed E-state index contributed by atoms with van der Waals surface area (Å²) in [6.45, 7) is 0. The molecule has 0 saturated carbocycles. The third kappa shape index (κ3) is 1.65. The molecule has 1 aromatic rings. The van der Waals surface area contributed by atoms with E-state index in [-0.39, 0.29) is 6.10 Å². The van der Waals surface area contributed by atoms with E-state index in [0.717, 1.165) is 12.2 Å². The van der Waals surface area contributed by atoms with Gasteiger partial charge in [0.1, 0.15) is 17.6 Å². The smallest absolute Gasteiger partial charge is 0.154 e.